The molecule has 3 saturated heterocycles. The molecule has 0 saturated carbocycles. The third-order valence-electron chi connectivity index (χ3n) is 11.1. The molecule has 2 aromatic carbocycles. The molecule has 6 rings (SSSR count). The number of carbonyl (C=O) groups is 1. The zero-order valence-corrected chi connectivity index (χ0v) is 28.5. The van der Waals surface area contributed by atoms with Crippen LogP contribution in [0, 0.1) is 19.8 Å². The first-order chi connectivity index (χ1) is 22.3. The van der Waals surface area contributed by atoms with E-state index < -0.39 is 0 Å². The van der Waals surface area contributed by atoms with Crippen molar-refractivity contribution in [2.75, 3.05) is 52.9 Å². The summed E-state index contributed by atoms with van der Waals surface area (Å²) in [5, 5.41) is 0. The summed E-state index contributed by atoms with van der Waals surface area (Å²) in [6.07, 6.45) is 6.02. The van der Waals surface area contributed by atoms with Crippen molar-refractivity contribution >= 4 is 5.91 Å². The van der Waals surface area contributed by atoms with Crippen molar-refractivity contribution in [3.63, 3.8) is 0 Å². The number of amides is 1. The fraction of sp³-hybridized carbons (Fsp3) is 0.553. The molecule has 246 valence electrons. The lowest BCUT2D eigenvalue weighted by atomic mass is 9.83. The van der Waals surface area contributed by atoms with Gasteiger partial charge in [-0.25, -0.2) is 9.97 Å². The predicted octanol–water partition coefficient (Wildman–Crippen LogP) is 5.76. The second kappa shape index (κ2) is 14.2. The maximum Gasteiger partial charge on any atom is 0.257 e. The molecule has 46 heavy (non-hydrogen) atoms. The Labute approximate surface area is 275 Å². The molecule has 0 N–H and O–H groups in total. The summed E-state index contributed by atoms with van der Waals surface area (Å²) in [5.74, 6) is 1.58. The Kier molecular flexibility index (Phi) is 10.1. The number of rotatable bonds is 8. The van der Waals surface area contributed by atoms with Gasteiger partial charge in [0.25, 0.3) is 5.91 Å². The number of hydrogen-bond donors (Lipinski definition) is 0. The van der Waals surface area contributed by atoms with Gasteiger partial charge in [0.2, 0.25) is 0 Å². The molecule has 0 spiro atoms. The second-order valence-electron chi connectivity index (χ2n) is 14.1. The first-order valence-corrected chi connectivity index (χ1v) is 17.2. The maximum atomic E-state index is 13.5. The molecule has 1 amide bonds. The Balaban J connectivity index is 1.12. The molecule has 4 heterocycles. The number of nitrogens with zero attached hydrogens (tertiary/aromatic N) is 6. The summed E-state index contributed by atoms with van der Waals surface area (Å²) < 4.78 is 5.38. The molecule has 3 fully saturated rings. The molecule has 1 aromatic heterocycles. The summed E-state index contributed by atoms with van der Waals surface area (Å²) in [5.41, 5.74) is 5.11. The number of benzene rings is 2. The Morgan fingerprint density at radius 2 is 1.63 bits per heavy atom. The molecular weight excluding hydrogens is 572 g/mol. The van der Waals surface area contributed by atoms with Crippen LogP contribution in [0.3, 0.4) is 0 Å². The van der Waals surface area contributed by atoms with Crippen molar-refractivity contribution in [3.8, 4) is 5.75 Å². The van der Waals surface area contributed by atoms with Gasteiger partial charge in [-0.1, -0.05) is 42.5 Å². The topological polar surface area (TPSA) is 65.0 Å². The molecule has 3 aromatic rings. The van der Waals surface area contributed by atoms with Crippen LogP contribution in [0.4, 0.5) is 0 Å². The van der Waals surface area contributed by atoms with E-state index in [4.69, 9.17) is 4.74 Å². The van der Waals surface area contributed by atoms with Crippen LogP contribution >= 0.6 is 0 Å². The van der Waals surface area contributed by atoms with Crippen LogP contribution < -0.4 is 4.74 Å². The van der Waals surface area contributed by atoms with Gasteiger partial charge in [0.1, 0.15) is 12.1 Å². The molecule has 0 radical (unpaired) electrons. The molecular formula is C38H52N6O2. The van der Waals surface area contributed by atoms with Crippen LogP contribution in [0.5, 0.6) is 5.75 Å². The second-order valence-corrected chi connectivity index (χ2v) is 14.1. The van der Waals surface area contributed by atoms with Crippen molar-refractivity contribution in [1.82, 2.24) is 29.6 Å². The van der Waals surface area contributed by atoms with Gasteiger partial charge in [-0.2, -0.15) is 0 Å². The van der Waals surface area contributed by atoms with Crippen LogP contribution in [0.25, 0.3) is 0 Å². The highest BCUT2D eigenvalue weighted by molar-refractivity contribution is 5.96. The number of aryl methyl sites for hydroxylation is 2. The lowest BCUT2D eigenvalue weighted by Crippen LogP contribution is -2.63. The monoisotopic (exact) mass is 624 g/mol. The highest BCUT2D eigenvalue weighted by atomic mass is 16.5. The van der Waals surface area contributed by atoms with Crippen LogP contribution in [-0.2, 0) is 6.54 Å². The van der Waals surface area contributed by atoms with Gasteiger partial charge >= 0.3 is 0 Å². The van der Waals surface area contributed by atoms with Gasteiger partial charge < -0.3 is 9.64 Å². The lowest BCUT2D eigenvalue weighted by molar-refractivity contribution is -0.0452. The van der Waals surface area contributed by atoms with Gasteiger partial charge in [-0.15, -0.1) is 0 Å². The fourth-order valence-electron chi connectivity index (χ4n) is 8.31. The number of carbonyl (C=O) groups excluding carboxylic acids is 1. The van der Waals surface area contributed by atoms with Gasteiger partial charge in [0.05, 0.1) is 24.1 Å². The zero-order chi connectivity index (χ0) is 32.3. The SMILES string of the molecule is COc1ccc(CN2CCCC(C(c3ccccc3)N3CCN(C4(C)CCN(C(=O)c5c(C)ncnc5C)CC4)CC3C)C2)cc1. The van der Waals surface area contributed by atoms with Crippen molar-refractivity contribution in [1.29, 1.82) is 0 Å². The first-order valence-electron chi connectivity index (χ1n) is 17.2. The summed E-state index contributed by atoms with van der Waals surface area (Å²) in [4.78, 5) is 32.3. The summed E-state index contributed by atoms with van der Waals surface area (Å²) in [6.45, 7) is 16.7. The first kappa shape index (κ1) is 32.6. The van der Waals surface area contributed by atoms with Crippen molar-refractivity contribution in [2.45, 2.75) is 77.5 Å². The molecule has 8 nitrogen and oxygen atoms in total. The van der Waals surface area contributed by atoms with E-state index in [0.29, 0.717) is 23.6 Å². The number of piperidine rings is 2. The third kappa shape index (κ3) is 6.99. The molecule has 3 atom stereocenters. The van der Waals surface area contributed by atoms with E-state index in [2.05, 4.69) is 93.1 Å². The number of likely N-dealkylation sites (tertiary alicyclic amines) is 2. The molecule has 3 unspecified atom stereocenters. The van der Waals surface area contributed by atoms with E-state index in [1.165, 1.54) is 24.0 Å². The van der Waals surface area contributed by atoms with E-state index in [0.717, 1.165) is 82.3 Å². The Morgan fingerprint density at radius 1 is 0.935 bits per heavy atom. The Bertz CT molecular complexity index is 1440. The number of ether oxygens (including phenoxy) is 1. The van der Waals surface area contributed by atoms with Gasteiger partial charge in [0, 0.05) is 63.4 Å². The van der Waals surface area contributed by atoms with E-state index in [1.54, 1.807) is 13.4 Å². The summed E-state index contributed by atoms with van der Waals surface area (Å²) in [7, 11) is 1.73. The van der Waals surface area contributed by atoms with E-state index in [-0.39, 0.29) is 11.4 Å². The van der Waals surface area contributed by atoms with Crippen LogP contribution in [0.15, 0.2) is 60.9 Å². The average Bonchev–Trinajstić information content (AvgIpc) is 3.07. The average molecular weight is 625 g/mol. The van der Waals surface area contributed by atoms with Crippen LogP contribution in [0.1, 0.15) is 78.4 Å². The normalized spacial score (nSPS) is 23.6. The van der Waals surface area contributed by atoms with Gasteiger partial charge in [-0.05, 0) is 89.1 Å². The number of hydrogen-bond acceptors (Lipinski definition) is 7. The molecule has 8 heteroatoms. The van der Waals surface area contributed by atoms with Gasteiger partial charge in [0.15, 0.2) is 0 Å². The third-order valence-corrected chi connectivity index (χ3v) is 11.1. The van der Waals surface area contributed by atoms with Crippen molar-refractivity contribution in [3.05, 3.63) is 89.0 Å². The van der Waals surface area contributed by atoms with E-state index in [1.807, 2.05) is 18.7 Å². The lowest BCUT2D eigenvalue weighted by Gasteiger charge is -2.54. The minimum Gasteiger partial charge on any atom is -0.497 e. The molecule has 0 bridgehead atoms. The number of aromatic nitrogens is 2. The van der Waals surface area contributed by atoms with Gasteiger partial charge in [-0.3, -0.25) is 19.5 Å². The van der Waals surface area contributed by atoms with Crippen molar-refractivity contribution in [2.24, 2.45) is 5.92 Å². The number of methoxy groups -OCH3 is 1. The van der Waals surface area contributed by atoms with Crippen molar-refractivity contribution < 1.29 is 9.53 Å². The quantitative estimate of drug-likeness (QED) is 0.316. The predicted molar refractivity (Wildman–Crippen MR) is 183 cm³/mol. The largest absolute Gasteiger partial charge is 0.497 e. The zero-order valence-electron chi connectivity index (χ0n) is 28.5. The molecule has 3 aliphatic rings. The smallest absolute Gasteiger partial charge is 0.257 e. The highest BCUT2D eigenvalue weighted by Gasteiger charge is 2.43. The van der Waals surface area contributed by atoms with Crippen LogP contribution in [-0.4, -0.2) is 100.0 Å². The maximum absolute atomic E-state index is 13.5. The highest BCUT2D eigenvalue weighted by Crippen LogP contribution is 2.39. The standard InChI is InChI=1S/C38H52N6O2/c1-28-24-43(38(4)17-20-42(21-18-38)37(45)35-29(2)39-27-40-30(35)3)22-23-44(28)36(32-10-7-6-8-11-32)33-12-9-19-41(26-33)25-31-13-15-34(46-5)16-14-31/h6-8,10-11,13-16,27-28,33,36H,9,12,17-26H2,1-5H3. The minimum atomic E-state index is 0.0788. The molecule has 0 aliphatic carbocycles. The Morgan fingerprint density at radius 3 is 2.28 bits per heavy atom. The van der Waals surface area contributed by atoms with Crippen LogP contribution in [0.2, 0.25) is 0 Å². The Hall–Kier alpha value is -3.33. The summed E-state index contributed by atoms with van der Waals surface area (Å²) in [6, 6.07) is 20.7. The molecule has 3 aliphatic heterocycles. The fourth-order valence-corrected chi connectivity index (χ4v) is 8.31. The van der Waals surface area contributed by atoms with E-state index >= 15 is 0 Å². The minimum absolute atomic E-state index is 0.0788. The van der Waals surface area contributed by atoms with E-state index in [9.17, 15) is 4.79 Å². The number of piperazine rings is 1. The summed E-state index contributed by atoms with van der Waals surface area (Å²) >= 11 is 0.